The molecule has 0 radical (unpaired) electrons. The van der Waals surface area contributed by atoms with Gasteiger partial charge >= 0.3 is 0 Å². The molecule has 0 atom stereocenters. The molecule has 0 saturated carbocycles. The van der Waals surface area contributed by atoms with Crippen molar-refractivity contribution >= 4 is 133 Å². The van der Waals surface area contributed by atoms with Gasteiger partial charge in [-0.2, -0.15) is 40.5 Å². The molecule has 4 N–H and O–H groups in total. The molecule has 0 fully saturated rings. The Hall–Kier alpha value is -6.94. The van der Waals surface area contributed by atoms with Gasteiger partial charge in [0.25, 0.3) is 20.2 Å². The first-order chi connectivity index (χ1) is 34.6. The molecule has 3 heterocycles. The van der Waals surface area contributed by atoms with E-state index in [1.807, 2.05) is 82.3 Å². The van der Waals surface area contributed by atoms with Crippen LogP contribution in [-0.4, -0.2) is 90.0 Å². The van der Waals surface area contributed by atoms with Crippen molar-refractivity contribution in [1.29, 1.82) is 0 Å². The van der Waals surface area contributed by atoms with Gasteiger partial charge in [-0.05, 0) is 117 Å². The Morgan fingerprint density at radius 3 is 1.44 bits per heavy atom. The van der Waals surface area contributed by atoms with Gasteiger partial charge in [0.15, 0.2) is 15.2 Å². The van der Waals surface area contributed by atoms with Gasteiger partial charge in [-0.15, -0.1) is 20.5 Å². The second-order valence-electron chi connectivity index (χ2n) is 15.3. The molecule has 0 aliphatic rings. The zero-order valence-electron chi connectivity index (χ0n) is 39.5. The predicted molar refractivity (Wildman–Crippen MR) is 283 cm³/mol. The van der Waals surface area contributed by atoms with E-state index in [-0.39, 0.29) is 55.2 Å². The molecule has 0 saturated heterocycles. The minimum atomic E-state index is -4.77. The van der Waals surface area contributed by atoms with Crippen molar-refractivity contribution in [1.82, 2.24) is 23.7 Å². The molecule has 0 unspecified atom stereocenters. The zero-order chi connectivity index (χ0) is 51.2. The van der Waals surface area contributed by atoms with Crippen molar-refractivity contribution in [3.63, 3.8) is 0 Å². The maximum absolute atomic E-state index is 12.6. The topological polar surface area (TPSA) is 272 Å². The van der Waals surface area contributed by atoms with Gasteiger partial charge in [-0.25, -0.2) is 0 Å². The fourth-order valence-corrected chi connectivity index (χ4v) is 11.7. The molecule has 0 aliphatic heterocycles. The highest BCUT2D eigenvalue weighted by molar-refractivity contribution is 7.98. The SMILES string of the molecule is CCN(CC)c1ccc(/N=N/c2snc3ccc(OC)c(S(=O)(=O)O)c23)c(Nc2nc(Nc3cc(N(CC)CC)ccc3/N=N/c3snc4ccc(OC)c(S(=O)(=O)O)c34)nc(SCc3ccccc3)n2)c1. The third kappa shape index (κ3) is 11.4. The lowest BCUT2D eigenvalue weighted by molar-refractivity contribution is 0.398. The minimum Gasteiger partial charge on any atom is -0.495 e. The molecule has 3 aromatic heterocycles. The van der Waals surface area contributed by atoms with Gasteiger partial charge in [0.2, 0.25) is 11.9 Å². The first-order valence-corrected chi connectivity index (χ1v) is 27.5. The fourth-order valence-electron chi connectivity index (χ4n) is 7.61. The van der Waals surface area contributed by atoms with Crippen LogP contribution in [-0.2, 0) is 26.0 Å². The van der Waals surface area contributed by atoms with Gasteiger partial charge in [0.1, 0.15) is 32.7 Å². The number of azo groups is 2. The van der Waals surface area contributed by atoms with E-state index in [1.54, 1.807) is 24.3 Å². The second-order valence-corrected chi connectivity index (χ2v) is 20.5. The van der Waals surface area contributed by atoms with Crippen molar-refractivity contribution in [2.24, 2.45) is 20.5 Å². The summed E-state index contributed by atoms with van der Waals surface area (Å²) in [4.78, 5) is 17.9. The Kier molecular flexibility index (Phi) is 15.9. The molecule has 21 nitrogen and oxygen atoms in total. The Morgan fingerprint density at radius 2 is 1.04 bits per heavy atom. The van der Waals surface area contributed by atoms with E-state index < -0.39 is 30.0 Å². The third-order valence-electron chi connectivity index (χ3n) is 11.1. The monoisotopic (exact) mass is 1070 g/mol. The van der Waals surface area contributed by atoms with Crippen LogP contribution < -0.4 is 29.9 Å². The van der Waals surface area contributed by atoms with Gasteiger partial charge in [-0.1, -0.05) is 42.1 Å². The number of nitrogens with zero attached hydrogens (tertiary/aromatic N) is 11. The van der Waals surface area contributed by atoms with Crippen LogP contribution >= 0.6 is 34.8 Å². The third-order valence-corrected chi connectivity index (χ3v) is 15.3. The van der Waals surface area contributed by atoms with Crippen LogP contribution in [0.3, 0.4) is 0 Å². The summed E-state index contributed by atoms with van der Waals surface area (Å²) in [7, 11) is -6.95. The molecular weight excluding hydrogens is 1020 g/mol. The number of fused-ring (bicyclic) bond motifs is 2. The standard InChI is InChI=1S/C46H47N13O8S5/c1-7-58(8-2)28-16-18-30(52-54-42-38-32(56-69-42)20-22-36(66-5)40(38)71(60,61)62)34(24-28)47-44-49-45(51-46(50-44)68-26-27-14-12-11-13-15-27)48-35-25-29(59(9-3)10-4)17-19-31(35)53-55-43-39-33(57-70-43)21-23-37(67-6)41(39)72(63,64)65/h11-25H,7-10,26H2,1-6H3,(H,60,61,62)(H,63,64,65)(H2,47,48,49,50,51)/b54-52+,55-53+. The number of hydrogen-bond donors (Lipinski definition) is 4. The summed E-state index contributed by atoms with van der Waals surface area (Å²) in [5.74, 6) is 0.626. The van der Waals surface area contributed by atoms with Gasteiger partial charge < -0.3 is 29.9 Å². The molecule has 8 rings (SSSR count). The first kappa shape index (κ1) is 51.4. The summed E-state index contributed by atoms with van der Waals surface area (Å²) in [5.41, 5.74) is 4.84. The summed E-state index contributed by atoms with van der Waals surface area (Å²) in [5, 5.41) is 25.5. The average Bonchev–Trinajstić information content (AvgIpc) is 3.98. The first-order valence-electron chi connectivity index (χ1n) is 22.1. The highest BCUT2D eigenvalue weighted by atomic mass is 32.2. The number of thioether (sulfide) groups is 1. The highest BCUT2D eigenvalue weighted by Crippen LogP contribution is 2.44. The van der Waals surface area contributed by atoms with E-state index in [4.69, 9.17) is 24.4 Å². The highest BCUT2D eigenvalue weighted by Gasteiger charge is 2.27. The van der Waals surface area contributed by atoms with Crippen molar-refractivity contribution in [2.75, 3.05) is 60.8 Å². The predicted octanol–water partition coefficient (Wildman–Crippen LogP) is 11.9. The maximum atomic E-state index is 12.6. The number of anilines is 6. The molecule has 0 spiro atoms. The number of benzene rings is 5. The number of nitrogens with one attached hydrogen (secondary N) is 2. The quantitative estimate of drug-likeness (QED) is 0.0296. The smallest absolute Gasteiger partial charge is 0.299 e. The number of methoxy groups -OCH3 is 2. The van der Waals surface area contributed by atoms with Crippen LogP contribution in [0.5, 0.6) is 11.5 Å². The van der Waals surface area contributed by atoms with Crippen LogP contribution in [0.2, 0.25) is 0 Å². The van der Waals surface area contributed by atoms with E-state index in [9.17, 15) is 25.9 Å². The van der Waals surface area contributed by atoms with Gasteiger partial charge in [0.05, 0.1) is 47.4 Å². The molecule has 0 bridgehead atoms. The van der Waals surface area contributed by atoms with Crippen molar-refractivity contribution in [3.05, 3.63) is 96.6 Å². The van der Waals surface area contributed by atoms with E-state index in [1.165, 1.54) is 38.1 Å². The summed E-state index contributed by atoms with van der Waals surface area (Å²) >= 11 is 3.19. The minimum absolute atomic E-state index is 0.0561. The van der Waals surface area contributed by atoms with E-state index >= 15 is 0 Å². The average molecular weight is 1070 g/mol. The zero-order valence-corrected chi connectivity index (χ0v) is 43.6. The van der Waals surface area contributed by atoms with Crippen LogP contribution in [0.25, 0.3) is 21.8 Å². The lowest BCUT2D eigenvalue weighted by Crippen LogP contribution is -2.21. The fraction of sp³-hybridized carbons (Fsp3) is 0.239. The van der Waals surface area contributed by atoms with Crippen LogP contribution in [0.1, 0.15) is 33.3 Å². The van der Waals surface area contributed by atoms with Crippen LogP contribution in [0, 0.1) is 0 Å². The van der Waals surface area contributed by atoms with Crippen LogP contribution in [0.4, 0.5) is 56.0 Å². The molecule has 374 valence electrons. The normalized spacial score (nSPS) is 12.1. The molecule has 5 aromatic carbocycles. The molecule has 26 heteroatoms. The maximum Gasteiger partial charge on any atom is 0.299 e. The Labute approximate surface area is 427 Å². The Bertz CT molecular complexity index is 3340. The van der Waals surface area contributed by atoms with Gasteiger partial charge in [0, 0.05) is 43.3 Å². The molecule has 72 heavy (non-hydrogen) atoms. The van der Waals surface area contributed by atoms with Crippen molar-refractivity contribution in [2.45, 2.75) is 48.4 Å². The number of rotatable bonds is 21. The lowest BCUT2D eigenvalue weighted by Gasteiger charge is -2.22. The summed E-state index contributed by atoms with van der Waals surface area (Å²) in [6.45, 7) is 11.0. The lowest BCUT2D eigenvalue weighted by atomic mass is 10.2. The summed E-state index contributed by atoms with van der Waals surface area (Å²) in [6, 6.07) is 26.8. The molecule has 8 aromatic rings. The molecular formula is C46H47N13O8S5. The number of ether oxygens (including phenoxy) is 2. The summed E-state index contributed by atoms with van der Waals surface area (Å²) < 4.78 is 90.3. The largest absolute Gasteiger partial charge is 0.495 e. The summed E-state index contributed by atoms with van der Waals surface area (Å²) in [6.07, 6.45) is 0. The van der Waals surface area contributed by atoms with Gasteiger partial charge in [-0.3, -0.25) is 9.11 Å². The van der Waals surface area contributed by atoms with Crippen LogP contribution in [0.15, 0.2) is 126 Å². The van der Waals surface area contributed by atoms with Crippen molar-refractivity contribution < 1.29 is 35.4 Å². The number of aromatic nitrogens is 5. The van der Waals surface area contributed by atoms with E-state index in [0.29, 0.717) is 59.8 Å². The Morgan fingerprint density at radius 1 is 0.597 bits per heavy atom. The second kappa shape index (κ2) is 22.2. The number of hydrogen-bond acceptors (Lipinski definition) is 22. The van der Waals surface area contributed by atoms with E-state index in [2.05, 4.69) is 49.6 Å². The molecule has 0 aliphatic carbocycles. The van der Waals surface area contributed by atoms with E-state index in [0.717, 1.165) is 40.0 Å². The van der Waals surface area contributed by atoms with Crippen molar-refractivity contribution in [3.8, 4) is 11.5 Å². The Balaban J connectivity index is 1.23. The molecule has 0 amide bonds.